The molecule has 1 aromatic rings. The lowest BCUT2D eigenvalue weighted by molar-refractivity contribution is 0.973. The molecule has 1 rings (SSSR count). The topological polar surface area (TPSA) is 29.0 Å². The molecule has 0 aromatic carbocycles. The van der Waals surface area contributed by atoms with Gasteiger partial charge in [0, 0.05) is 19.8 Å². The van der Waals surface area contributed by atoms with Crippen LogP contribution in [-0.4, -0.2) is 30.0 Å². The first-order valence-electron chi connectivity index (χ1n) is 3.87. The molecule has 5 heteroatoms. The van der Waals surface area contributed by atoms with Crippen LogP contribution in [0.15, 0.2) is 16.5 Å². The number of nitrogens with zero attached hydrogens (tertiary/aromatic N) is 3. The van der Waals surface area contributed by atoms with Crippen molar-refractivity contribution in [2.24, 2.45) is 0 Å². The van der Waals surface area contributed by atoms with E-state index in [4.69, 9.17) is 0 Å². The average molecular weight is 215 g/mol. The Labute approximate surface area is 86.9 Å². The molecule has 0 bridgehead atoms. The zero-order valence-corrected chi connectivity index (χ0v) is 9.71. The highest BCUT2D eigenvalue weighted by Crippen LogP contribution is 2.27. The molecule has 0 amide bonds. The van der Waals surface area contributed by atoms with Gasteiger partial charge in [0.15, 0.2) is 4.34 Å². The lowest BCUT2D eigenvalue weighted by atomic mass is 10.4. The maximum absolute atomic E-state index is 4.06. The Morgan fingerprint density at radius 3 is 2.69 bits per heavy atom. The smallest absolute Gasteiger partial charge is 0.208 e. The second-order valence-electron chi connectivity index (χ2n) is 2.99. The lowest BCUT2D eigenvalue weighted by Gasteiger charge is -2.03. The fourth-order valence-corrected chi connectivity index (χ4v) is 2.23. The highest BCUT2D eigenvalue weighted by Gasteiger charge is 2.05. The number of aromatic nitrogens is 2. The Balaban J connectivity index is 2.54. The normalized spacial score (nSPS) is 10.1. The van der Waals surface area contributed by atoms with Crippen molar-refractivity contribution < 1.29 is 0 Å². The molecular formula is C8H13N3S2. The van der Waals surface area contributed by atoms with E-state index in [0.29, 0.717) is 0 Å². The summed E-state index contributed by atoms with van der Waals surface area (Å²) in [4.78, 5) is 1.96. The van der Waals surface area contributed by atoms with Gasteiger partial charge in [-0.2, -0.15) is 0 Å². The number of hydrogen-bond donors (Lipinski definition) is 0. The van der Waals surface area contributed by atoms with Crippen molar-refractivity contribution >= 4 is 28.2 Å². The molecule has 0 saturated carbocycles. The molecule has 0 aliphatic heterocycles. The molecule has 72 valence electrons. The Bertz CT molecular complexity index is 293. The Kier molecular flexibility index (Phi) is 3.74. The minimum atomic E-state index is 0.919. The third kappa shape index (κ3) is 3.36. The summed E-state index contributed by atoms with van der Waals surface area (Å²) in [5.74, 6) is 0.919. The molecule has 3 nitrogen and oxygen atoms in total. The van der Waals surface area contributed by atoms with Gasteiger partial charge in [0.2, 0.25) is 5.13 Å². The van der Waals surface area contributed by atoms with E-state index < -0.39 is 0 Å². The van der Waals surface area contributed by atoms with Gasteiger partial charge < -0.3 is 4.90 Å². The number of thioether (sulfide) groups is 1. The minimum Gasteiger partial charge on any atom is -0.353 e. The number of anilines is 1. The summed E-state index contributed by atoms with van der Waals surface area (Å²) >= 11 is 3.29. The van der Waals surface area contributed by atoms with Crippen molar-refractivity contribution in [3.05, 3.63) is 12.2 Å². The molecule has 0 unspecified atom stereocenters. The molecule has 13 heavy (non-hydrogen) atoms. The third-order valence-corrected chi connectivity index (χ3v) is 3.68. The van der Waals surface area contributed by atoms with Crippen LogP contribution in [0.5, 0.6) is 0 Å². The summed E-state index contributed by atoms with van der Waals surface area (Å²) in [6, 6.07) is 0. The molecule has 0 fully saturated rings. The summed E-state index contributed by atoms with van der Waals surface area (Å²) in [7, 11) is 3.93. The fraction of sp³-hybridized carbons (Fsp3) is 0.500. The maximum Gasteiger partial charge on any atom is 0.208 e. The highest BCUT2D eigenvalue weighted by molar-refractivity contribution is 8.01. The molecule has 1 aromatic heterocycles. The third-order valence-electron chi connectivity index (χ3n) is 1.22. The standard InChI is InChI=1S/C8H13N3S2/c1-6(2)5-12-8-10-9-7(13-8)11(3)4/h1,5H2,2-4H3. The van der Waals surface area contributed by atoms with Crippen molar-refractivity contribution in [3.8, 4) is 0 Å². The van der Waals surface area contributed by atoms with Gasteiger partial charge in [0.1, 0.15) is 0 Å². The van der Waals surface area contributed by atoms with Crippen LogP contribution in [0.1, 0.15) is 6.92 Å². The Morgan fingerprint density at radius 1 is 1.54 bits per heavy atom. The summed E-state index contributed by atoms with van der Waals surface area (Å²) < 4.78 is 1.01. The van der Waals surface area contributed by atoms with Crippen LogP contribution in [0, 0.1) is 0 Å². The van der Waals surface area contributed by atoms with Crippen LogP contribution < -0.4 is 4.90 Å². The van der Waals surface area contributed by atoms with Gasteiger partial charge in [0.25, 0.3) is 0 Å². The van der Waals surface area contributed by atoms with E-state index in [-0.39, 0.29) is 0 Å². The Hall–Kier alpha value is -0.550. The largest absolute Gasteiger partial charge is 0.353 e. The van der Waals surface area contributed by atoms with Crippen LogP contribution >= 0.6 is 23.1 Å². The van der Waals surface area contributed by atoms with Crippen molar-refractivity contribution in [2.75, 3.05) is 24.7 Å². The number of hydrogen-bond acceptors (Lipinski definition) is 5. The molecule has 0 atom stereocenters. The van der Waals surface area contributed by atoms with Crippen molar-refractivity contribution in [1.82, 2.24) is 10.2 Å². The van der Waals surface area contributed by atoms with E-state index in [2.05, 4.69) is 16.8 Å². The Morgan fingerprint density at radius 2 is 2.23 bits per heavy atom. The fourth-order valence-electron chi connectivity index (χ4n) is 0.627. The lowest BCUT2D eigenvalue weighted by Crippen LogP contribution is -2.07. The molecule has 0 spiro atoms. The van der Waals surface area contributed by atoms with Gasteiger partial charge in [-0.1, -0.05) is 35.3 Å². The molecule has 0 aliphatic rings. The van der Waals surface area contributed by atoms with Crippen molar-refractivity contribution in [2.45, 2.75) is 11.3 Å². The minimum absolute atomic E-state index is 0.919. The first-order chi connectivity index (χ1) is 6.09. The molecule has 0 radical (unpaired) electrons. The second-order valence-corrected chi connectivity index (χ2v) is 5.17. The molecule has 0 saturated heterocycles. The molecule has 1 heterocycles. The van der Waals surface area contributed by atoms with Crippen LogP contribution in [-0.2, 0) is 0 Å². The van der Waals surface area contributed by atoms with E-state index in [1.807, 2.05) is 25.9 Å². The van der Waals surface area contributed by atoms with Crippen molar-refractivity contribution in [3.63, 3.8) is 0 Å². The predicted molar refractivity (Wildman–Crippen MR) is 59.8 cm³/mol. The summed E-state index contributed by atoms with van der Waals surface area (Å²) in [6.07, 6.45) is 0. The van der Waals surface area contributed by atoms with E-state index in [1.54, 1.807) is 23.1 Å². The first-order valence-corrected chi connectivity index (χ1v) is 5.68. The van der Waals surface area contributed by atoms with Gasteiger partial charge in [0.05, 0.1) is 0 Å². The zero-order chi connectivity index (χ0) is 9.84. The van der Waals surface area contributed by atoms with Gasteiger partial charge >= 0.3 is 0 Å². The van der Waals surface area contributed by atoms with E-state index in [0.717, 1.165) is 20.8 Å². The highest BCUT2D eigenvalue weighted by atomic mass is 32.2. The molecule has 0 aliphatic carbocycles. The number of rotatable bonds is 4. The summed E-state index contributed by atoms with van der Waals surface area (Å²) in [5.41, 5.74) is 1.16. The van der Waals surface area contributed by atoms with Crippen LogP contribution in [0.4, 0.5) is 5.13 Å². The quantitative estimate of drug-likeness (QED) is 0.569. The van der Waals surface area contributed by atoms with Gasteiger partial charge in [-0.25, -0.2) is 0 Å². The van der Waals surface area contributed by atoms with Gasteiger partial charge in [-0.15, -0.1) is 10.2 Å². The summed E-state index contributed by atoms with van der Waals surface area (Å²) in [6.45, 7) is 5.85. The van der Waals surface area contributed by atoms with Gasteiger partial charge in [-0.05, 0) is 6.92 Å². The molecular weight excluding hydrogens is 202 g/mol. The van der Waals surface area contributed by atoms with E-state index in [9.17, 15) is 0 Å². The zero-order valence-electron chi connectivity index (χ0n) is 8.07. The van der Waals surface area contributed by atoms with Crippen molar-refractivity contribution in [1.29, 1.82) is 0 Å². The van der Waals surface area contributed by atoms with Crippen LogP contribution in [0.3, 0.4) is 0 Å². The van der Waals surface area contributed by atoms with E-state index >= 15 is 0 Å². The first kappa shape index (κ1) is 10.5. The maximum atomic E-state index is 4.06. The SMILES string of the molecule is C=C(C)CSc1nnc(N(C)C)s1. The van der Waals surface area contributed by atoms with E-state index in [1.165, 1.54) is 0 Å². The monoisotopic (exact) mass is 215 g/mol. The predicted octanol–water partition coefficient (Wildman–Crippen LogP) is 2.27. The van der Waals surface area contributed by atoms with Crippen LogP contribution in [0.25, 0.3) is 0 Å². The molecule has 0 N–H and O–H groups in total. The van der Waals surface area contributed by atoms with Crippen LogP contribution in [0.2, 0.25) is 0 Å². The average Bonchev–Trinajstić information content (AvgIpc) is 2.48. The van der Waals surface area contributed by atoms with Gasteiger partial charge in [-0.3, -0.25) is 0 Å². The summed E-state index contributed by atoms with van der Waals surface area (Å²) in [5, 5.41) is 9.04. The second kappa shape index (κ2) is 4.62.